The maximum atomic E-state index is 13.0. The Hall–Kier alpha value is -3.15. The molecule has 1 aliphatic rings. The van der Waals surface area contributed by atoms with Gasteiger partial charge in [-0.1, -0.05) is 42.5 Å². The van der Waals surface area contributed by atoms with Gasteiger partial charge in [-0.2, -0.15) is 0 Å². The normalized spacial score (nSPS) is 19.0. The average molecular weight is 393 g/mol. The molecule has 0 radical (unpaired) electrons. The Bertz CT molecular complexity index is 878. The molecule has 3 amide bonds. The number of rotatable bonds is 5. The summed E-state index contributed by atoms with van der Waals surface area (Å²) in [6.45, 7) is 0.380. The van der Waals surface area contributed by atoms with Gasteiger partial charge in [0.25, 0.3) is 5.91 Å². The number of nitrogens with zero attached hydrogens (tertiary/aromatic N) is 2. The first-order valence-electron chi connectivity index (χ1n) is 9.77. The Morgan fingerprint density at radius 3 is 2.34 bits per heavy atom. The lowest BCUT2D eigenvalue weighted by Gasteiger charge is -2.38. The van der Waals surface area contributed by atoms with E-state index in [0.29, 0.717) is 24.9 Å². The summed E-state index contributed by atoms with van der Waals surface area (Å²) in [6.07, 6.45) is 0.907. The van der Waals surface area contributed by atoms with Crippen molar-refractivity contribution in [3.63, 3.8) is 0 Å². The lowest BCUT2D eigenvalue weighted by Crippen LogP contribution is -2.46. The molecular weight excluding hydrogens is 366 g/mol. The zero-order chi connectivity index (χ0) is 21.0. The van der Waals surface area contributed by atoms with E-state index in [-0.39, 0.29) is 29.7 Å². The molecule has 2 aromatic carbocycles. The van der Waals surface area contributed by atoms with E-state index >= 15 is 0 Å². The molecule has 2 atom stereocenters. The number of hydrogen-bond acceptors (Lipinski definition) is 3. The molecule has 152 valence electrons. The lowest BCUT2D eigenvalue weighted by molar-refractivity contribution is -0.141. The van der Waals surface area contributed by atoms with Gasteiger partial charge >= 0.3 is 0 Å². The van der Waals surface area contributed by atoms with Crippen molar-refractivity contribution in [2.75, 3.05) is 21.1 Å². The number of benzene rings is 2. The van der Waals surface area contributed by atoms with Crippen molar-refractivity contribution in [3.8, 4) is 0 Å². The summed E-state index contributed by atoms with van der Waals surface area (Å²) in [6, 6.07) is 16.7. The van der Waals surface area contributed by atoms with Gasteiger partial charge in [0.05, 0.1) is 12.0 Å². The first-order chi connectivity index (χ1) is 13.9. The molecule has 2 unspecified atom stereocenters. The minimum Gasteiger partial charge on any atom is -0.352 e. The van der Waals surface area contributed by atoms with Crippen molar-refractivity contribution < 1.29 is 14.4 Å². The monoisotopic (exact) mass is 393 g/mol. The van der Waals surface area contributed by atoms with Gasteiger partial charge in [0.15, 0.2) is 0 Å². The Balaban J connectivity index is 1.69. The fraction of sp³-hybridized carbons (Fsp3) is 0.348. The third-order valence-corrected chi connectivity index (χ3v) is 5.41. The molecule has 1 saturated heterocycles. The van der Waals surface area contributed by atoms with Crippen LogP contribution in [0.25, 0.3) is 0 Å². The van der Waals surface area contributed by atoms with Gasteiger partial charge in [-0.15, -0.1) is 0 Å². The second kappa shape index (κ2) is 8.90. The molecule has 0 bridgehead atoms. The number of likely N-dealkylation sites (tertiary alicyclic amines) is 1. The van der Waals surface area contributed by atoms with Gasteiger partial charge in [-0.25, -0.2) is 0 Å². The largest absolute Gasteiger partial charge is 0.352 e. The number of amides is 3. The second-order valence-corrected chi connectivity index (χ2v) is 7.62. The van der Waals surface area contributed by atoms with Crippen LogP contribution in [0.4, 0.5) is 0 Å². The molecule has 0 aliphatic carbocycles. The van der Waals surface area contributed by atoms with E-state index in [4.69, 9.17) is 0 Å². The third kappa shape index (κ3) is 4.65. The molecule has 1 aliphatic heterocycles. The van der Waals surface area contributed by atoms with Crippen molar-refractivity contribution in [3.05, 3.63) is 71.3 Å². The molecule has 29 heavy (non-hydrogen) atoms. The molecule has 0 aromatic heterocycles. The van der Waals surface area contributed by atoms with Crippen LogP contribution in [0.1, 0.15) is 40.4 Å². The van der Waals surface area contributed by atoms with Crippen LogP contribution in [0.2, 0.25) is 0 Å². The van der Waals surface area contributed by atoms with Crippen molar-refractivity contribution in [1.82, 2.24) is 15.1 Å². The first-order valence-corrected chi connectivity index (χ1v) is 9.77. The zero-order valence-electron chi connectivity index (χ0n) is 17.1. The predicted octanol–water partition coefficient (Wildman–Crippen LogP) is 2.61. The van der Waals surface area contributed by atoms with Crippen LogP contribution >= 0.6 is 0 Å². The highest BCUT2D eigenvalue weighted by Gasteiger charge is 2.38. The van der Waals surface area contributed by atoms with E-state index < -0.39 is 0 Å². The fourth-order valence-electron chi connectivity index (χ4n) is 3.76. The van der Waals surface area contributed by atoms with E-state index in [9.17, 15) is 14.4 Å². The van der Waals surface area contributed by atoms with Crippen LogP contribution in [0, 0.1) is 5.92 Å². The molecule has 1 N–H and O–H groups in total. The van der Waals surface area contributed by atoms with Gasteiger partial charge in [-0.3, -0.25) is 14.4 Å². The summed E-state index contributed by atoms with van der Waals surface area (Å²) < 4.78 is 0. The first kappa shape index (κ1) is 20.6. The molecule has 2 aromatic rings. The molecule has 6 heteroatoms. The van der Waals surface area contributed by atoms with Crippen molar-refractivity contribution in [2.45, 2.75) is 25.4 Å². The highest BCUT2D eigenvalue weighted by Crippen LogP contribution is 2.35. The van der Waals surface area contributed by atoms with E-state index in [1.54, 1.807) is 38.2 Å². The van der Waals surface area contributed by atoms with E-state index in [1.807, 2.05) is 42.5 Å². The predicted molar refractivity (Wildman–Crippen MR) is 111 cm³/mol. The average Bonchev–Trinajstić information content (AvgIpc) is 2.74. The summed E-state index contributed by atoms with van der Waals surface area (Å²) in [5.41, 5.74) is 2.50. The molecule has 1 fully saturated rings. The van der Waals surface area contributed by atoms with Crippen molar-refractivity contribution >= 4 is 17.7 Å². The highest BCUT2D eigenvalue weighted by molar-refractivity contribution is 5.93. The third-order valence-electron chi connectivity index (χ3n) is 5.41. The minimum absolute atomic E-state index is 0.0544. The summed E-state index contributed by atoms with van der Waals surface area (Å²) in [5, 5.41) is 3.00. The SMILES string of the molecule is CN(C)C(=O)c1ccc(CNC(=O)C2CCC(=O)N(C)C2c2ccccc2)cc1. The highest BCUT2D eigenvalue weighted by atomic mass is 16.2. The number of nitrogens with one attached hydrogen (secondary N) is 1. The van der Waals surface area contributed by atoms with Crippen LogP contribution in [-0.2, 0) is 16.1 Å². The standard InChI is InChI=1S/C23H27N3O3/c1-25(2)23(29)18-11-9-16(10-12-18)15-24-22(28)19-13-14-20(27)26(3)21(19)17-7-5-4-6-8-17/h4-12,19,21H,13-15H2,1-3H3,(H,24,28). The summed E-state index contributed by atoms with van der Waals surface area (Å²) >= 11 is 0. The van der Waals surface area contributed by atoms with Crippen LogP contribution in [0.15, 0.2) is 54.6 Å². The van der Waals surface area contributed by atoms with E-state index in [1.165, 1.54) is 4.90 Å². The number of hydrogen-bond donors (Lipinski definition) is 1. The van der Waals surface area contributed by atoms with Gasteiger partial charge in [0.2, 0.25) is 11.8 Å². The van der Waals surface area contributed by atoms with Crippen LogP contribution in [0.3, 0.4) is 0 Å². The number of carbonyl (C=O) groups excluding carboxylic acids is 3. The Morgan fingerprint density at radius 2 is 1.72 bits per heavy atom. The van der Waals surface area contributed by atoms with Gasteiger partial charge in [0, 0.05) is 39.7 Å². The van der Waals surface area contributed by atoms with Gasteiger partial charge in [-0.05, 0) is 29.7 Å². The molecule has 3 rings (SSSR count). The Morgan fingerprint density at radius 1 is 1.07 bits per heavy atom. The smallest absolute Gasteiger partial charge is 0.253 e. The Labute approximate surface area is 171 Å². The molecule has 0 spiro atoms. The summed E-state index contributed by atoms with van der Waals surface area (Å²) in [4.78, 5) is 40.4. The maximum absolute atomic E-state index is 13.0. The van der Waals surface area contributed by atoms with Crippen molar-refractivity contribution in [2.24, 2.45) is 5.92 Å². The van der Waals surface area contributed by atoms with Gasteiger partial charge in [0.1, 0.15) is 0 Å². The Kier molecular flexibility index (Phi) is 6.32. The van der Waals surface area contributed by atoms with E-state index in [0.717, 1.165) is 11.1 Å². The quantitative estimate of drug-likeness (QED) is 0.849. The summed E-state index contributed by atoms with van der Waals surface area (Å²) in [7, 11) is 5.19. The summed E-state index contributed by atoms with van der Waals surface area (Å²) in [5.74, 6) is -0.355. The fourth-order valence-corrected chi connectivity index (χ4v) is 3.76. The second-order valence-electron chi connectivity index (χ2n) is 7.62. The topological polar surface area (TPSA) is 69.7 Å². The van der Waals surface area contributed by atoms with E-state index in [2.05, 4.69) is 5.32 Å². The maximum Gasteiger partial charge on any atom is 0.253 e. The molecule has 6 nitrogen and oxygen atoms in total. The zero-order valence-corrected chi connectivity index (χ0v) is 17.1. The molecule has 1 heterocycles. The van der Waals surface area contributed by atoms with Crippen LogP contribution in [0.5, 0.6) is 0 Å². The van der Waals surface area contributed by atoms with Gasteiger partial charge < -0.3 is 15.1 Å². The number of piperidine rings is 1. The number of carbonyl (C=O) groups is 3. The molecular formula is C23H27N3O3. The van der Waals surface area contributed by atoms with Crippen molar-refractivity contribution in [1.29, 1.82) is 0 Å². The molecule has 0 saturated carbocycles. The minimum atomic E-state index is -0.297. The lowest BCUT2D eigenvalue weighted by atomic mass is 9.84. The van der Waals surface area contributed by atoms with Crippen LogP contribution < -0.4 is 5.32 Å². The van der Waals surface area contributed by atoms with Crippen LogP contribution in [-0.4, -0.2) is 48.7 Å².